The number of H-pyrrole nitrogens is 1. The lowest BCUT2D eigenvalue weighted by atomic mass is 10.0. The molecule has 90 valence electrons. The first-order valence-electron chi connectivity index (χ1n) is 6.33. The number of piperazine rings is 1. The van der Waals surface area contributed by atoms with Gasteiger partial charge in [-0.3, -0.25) is 0 Å². The summed E-state index contributed by atoms with van der Waals surface area (Å²) in [5.41, 5.74) is 3.98. The third-order valence-corrected chi connectivity index (χ3v) is 3.51. The van der Waals surface area contributed by atoms with Gasteiger partial charge in [-0.2, -0.15) is 0 Å². The van der Waals surface area contributed by atoms with E-state index in [1.54, 1.807) is 0 Å². The Morgan fingerprint density at radius 3 is 3.06 bits per heavy atom. The van der Waals surface area contributed by atoms with E-state index >= 15 is 0 Å². The molecular weight excluding hydrogens is 210 g/mol. The Morgan fingerprint density at radius 1 is 1.29 bits per heavy atom. The van der Waals surface area contributed by atoms with E-state index < -0.39 is 0 Å². The summed E-state index contributed by atoms with van der Waals surface area (Å²) in [6.45, 7) is 5.36. The number of aromatic nitrogens is 1. The van der Waals surface area contributed by atoms with Gasteiger partial charge in [0.2, 0.25) is 0 Å². The number of fused-ring (bicyclic) bond motifs is 1. The Bertz CT molecular complexity index is 509. The normalized spacial score (nSPS) is 20.9. The second-order valence-electron chi connectivity index (χ2n) is 4.92. The van der Waals surface area contributed by atoms with Gasteiger partial charge in [0.1, 0.15) is 0 Å². The molecule has 0 aliphatic carbocycles. The van der Waals surface area contributed by atoms with Crippen LogP contribution in [0.5, 0.6) is 0 Å². The van der Waals surface area contributed by atoms with Crippen LogP contribution in [-0.2, 0) is 6.42 Å². The fourth-order valence-corrected chi connectivity index (χ4v) is 2.59. The summed E-state index contributed by atoms with van der Waals surface area (Å²) in [6, 6.07) is 7.19. The molecule has 1 aliphatic heterocycles. The summed E-state index contributed by atoms with van der Waals surface area (Å²) in [6.07, 6.45) is 3.25. The maximum Gasteiger partial charge on any atom is 0.0459 e. The number of benzene rings is 1. The van der Waals surface area contributed by atoms with Crippen molar-refractivity contribution in [2.75, 3.05) is 19.6 Å². The average Bonchev–Trinajstić information content (AvgIpc) is 2.73. The zero-order valence-electron chi connectivity index (χ0n) is 10.2. The highest BCUT2D eigenvalue weighted by Crippen LogP contribution is 2.20. The van der Waals surface area contributed by atoms with Crippen LogP contribution in [0.15, 0.2) is 24.4 Å². The first-order valence-corrected chi connectivity index (χ1v) is 6.33. The van der Waals surface area contributed by atoms with Crippen LogP contribution in [0.1, 0.15) is 11.1 Å². The summed E-state index contributed by atoms with van der Waals surface area (Å²) in [7, 11) is 0. The molecule has 1 aromatic heterocycles. The number of nitrogens with one attached hydrogen (secondary N) is 3. The van der Waals surface area contributed by atoms with Crippen LogP contribution in [-0.4, -0.2) is 30.7 Å². The maximum atomic E-state index is 3.56. The minimum atomic E-state index is 0.559. The van der Waals surface area contributed by atoms with Crippen molar-refractivity contribution in [3.8, 4) is 0 Å². The van der Waals surface area contributed by atoms with E-state index in [1.807, 2.05) is 0 Å². The Labute approximate surface area is 102 Å². The molecule has 1 atom stereocenters. The van der Waals surface area contributed by atoms with Crippen molar-refractivity contribution >= 4 is 10.9 Å². The summed E-state index contributed by atoms with van der Waals surface area (Å²) in [4.78, 5) is 3.37. The fraction of sp³-hybridized carbons (Fsp3) is 0.429. The highest BCUT2D eigenvalue weighted by atomic mass is 15.0. The number of aromatic amines is 1. The molecule has 3 rings (SSSR count). The first kappa shape index (κ1) is 10.8. The first-order chi connectivity index (χ1) is 8.33. The largest absolute Gasteiger partial charge is 0.361 e. The predicted molar refractivity (Wildman–Crippen MR) is 71.4 cm³/mol. The molecule has 0 saturated carbocycles. The van der Waals surface area contributed by atoms with Gasteiger partial charge in [-0.05, 0) is 30.5 Å². The Hall–Kier alpha value is -1.32. The highest BCUT2D eigenvalue weighted by Gasteiger charge is 2.14. The quantitative estimate of drug-likeness (QED) is 0.731. The Balaban J connectivity index is 1.84. The molecule has 0 spiro atoms. The maximum absolute atomic E-state index is 3.56. The van der Waals surface area contributed by atoms with Crippen molar-refractivity contribution in [3.05, 3.63) is 35.5 Å². The SMILES string of the molecule is Cc1ccc2c(CC3CNCCN3)c[nH]c2c1. The second-order valence-corrected chi connectivity index (χ2v) is 4.92. The molecule has 1 aliphatic rings. The van der Waals surface area contributed by atoms with Gasteiger partial charge >= 0.3 is 0 Å². The van der Waals surface area contributed by atoms with Crippen LogP contribution in [0.4, 0.5) is 0 Å². The van der Waals surface area contributed by atoms with Gasteiger partial charge in [-0.15, -0.1) is 0 Å². The number of hydrogen-bond acceptors (Lipinski definition) is 2. The Morgan fingerprint density at radius 2 is 2.24 bits per heavy atom. The van der Waals surface area contributed by atoms with Crippen LogP contribution in [0.2, 0.25) is 0 Å². The predicted octanol–water partition coefficient (Wildman–Crippen LogP) is 1.58. The molecule has 2 heterocycles. The molecule has 0 amide bonds. The van der Waals surface area contributed by atoms with Gasteiger partial charge < -0.3 is 15.6 Å². The average molecular weight is 229 g/mol. The monoisotopic (exact) mass is 229 g/mol. The van der Waals surface area contributed by atoms with Gasteiger partial charge in [0.05, 0.1) is 0 Å². The Kier molecular flexibility index (Phi) is 2.87. The summed E-state index contributed by atoms with van der Waals surface area (Å²) in [5.74, 6) is 0. The van der Waals surface area contributed by atoms with Crippen LogP contribution in [0.3, 0.4) is 0 Å². The van der Waals surface area contributed by atoms with Gasteiger partial charge in [0.15, 0.2) is 0 Å². The fourth-order valence-electron chi connectivity index (χ4n) is 2.59. The van der Waals surface area contributed by atoms with Crippen molar-refractivity contribution in [3.63, 3.8) is 0 Å². The number of hydrogen-bond donors (Lipinski definition) is 3. The molecule has 17 heavy (non-hydrogen) atoms. The smallest absolute Gasteiger partial charge is 0.0459 e. The highest BCUT2D eigenvalue weighted by molar-refractivity contribution is 5.83. The molecule has 1 aromatic carbocycles. The molecule has 1 unspecified atom stereocenters. The van der Waals surface area contributed by atoms with E-state index in [9.17, 15) is 0 Å². The van der Waals surface area contributed by atoms with E-state index in [0.29, 0.717) is 6.04 Å². The summed E-state index contributed by atoms with van der Waals surface area (Å²) < 4.78 is 0. The zero-order chi connectivity index (χ0) is 11.7. The van der Waals surface area contributed by atoms with E-state index in [0.717, 1.165) is 26.1 Å². The van der Waals surface area contributed by atoms with Gasteiger partial charge in [-0.25, -0.2) is 0 Å². The summed E-state index contributed by atoms with van der Waals surface area (Å²) >= 11 is 0. The lowest BCUT2D eigenvalue weighted by Crippen LogP contribution is -2.49. The molecule has 3 heteroatoms. The van der Waals surface area contributed by atoms with E-state index in [4.69, 9.17) is 0 Å². The van der Waals surface area contributed by atoms with Crippen molar-refractivity contribution in [1.29, 1.82) is 0 Å². The molecule has 0 bridgehead atoms. The second kappa shape index (κ2) is 4.51. The molecule has 3 N–H and O–H groups in total. The van der Waals surface area contributed by atoms with Crippen molar-refractivity contribution < 1.29 is 0 Å². The summed E-state index contributed by atoms with van der Waals surface area (Å²) in [5, 5.41) is 8.35. The minimum absolute atomic E-state index is 0.559. The number of aryl methyl sites for hydroxylation is 1. The molecule has 2 aromatic rings. The lowest BCUT2D eigenvalue weighted by Gasteiger charge is -2.24. The van der Waals surface area contributed by atoms with E-state index in [2.05, 4.69) is 46.9 Å². The van der Waals surface area contributed by atoms with Crippen molar-refractivity contribution in [2.45, 2.75) is 19.4 Å². The third kappa shape index (κ3) is 2.21. The van der Waals surface area contributed by atoms with Crippen LogP contribution in [0, 0.1) is 6.92 Å². The minimum Gasteiger partial charge on any atom is -0.361 e. The van der Waals surface area contributed by atoms with E-state index in [1.165, 1.54) is 22.0 Å². The third-order valence-electron chi connectivity index (χ3n) is 3.51. The van der Waals surface area contributed by atoms with Crippen LogP contribution < -0.4 is 10.6 Å². The van der Waals surface area contributed by atoms with E-state index in [-0.39, 0.29) is 0 Å². The standard InChI is InChI=1S/C14H19N3/c1-10-2-3-13-11(8-17-14(13)6-10)7-12-9-15-4-5-16-12/h2-3,6,8,12,15-17H,4-5,7,9H2,1H3. The van der Waals surface area contributed by atoms with Crippen LogP contribution in [0.25, 0.3) is 10.9 Å². The van der Waals surface area contributed by atoms with Gasteiger partial charge in [-0.1, -0.05) is 12.1 Å². The van der Waals surface area contributed by atoms with Crippen molar-refractivity contribution in [1.82, 2.24) is 15.6 Å². The molecular formula is C14H19N3. The number of rotatable bonds is 2. The van der Waals surface area contributed by atoms with Crippen molar-refractivity contribution in [2.24, 2.45) is 0 Å². The zero-order valence-corrected chi connectivity index (χ0v) is 10.2. The van der Waals surface area contributed by atoms with Gasteiger partial charge in [0.25, 0.3) is 0 Å². The molecule has 1 fully saturated rings. The molecule has 0 radical (unpaired) electrons. The lowest BCUT2D eigenvalue weighted by molar-refractivity contribution is 0.417. The van der Waals surface area contributed by atoms with Crippen LogP contribution >= 0.6 is 0 Å². The van der Waals surface area contributed by atoms with Gasteiger partial charge in [0, 0.05) is 42.8 Å². The topological polar surface area (TPSA) is 39.8 Å². The molecule has 3 nitrogen and oxygen atoms in total. The molecule has 1 saturated heterocycles.